The molecular weight excluding hydrogens is 178 g/mol. The standard InChI is InChI=1S/C10H9N3O/c11-10(14)8-5-7-13-6-3-1-2-4-9(13)12-8/h1-7H,(H2,11,14). The molecule has 4 heteroatoms. The number of aliphatic imine (C=N–C) groups is 1. The molecule has 0 spiro atoms. The zero-order valence-electron chi connectivity index (χ0n) is 7.42. The van der Waals surface area contributed by atoms with E-state index in [0.717, 1.165) is 0 Å². The first-order valence-corrected chi connectivity index (χ1v) is 4.17. The molecule has 14 heavy (non-hydrogen) atoms. The third-order valence-electron chi connectivity index (χ3n) is 1.86. The molecule has 2 heterocycles. The Morgan fingerprint density at radius 1 is 1.29 bits per heavy atom. The van der Waals surface area contributed by atoms with Crippen LogP contribution in [0.15, 0.2) is 53.6 Å². The van der Waals surface area contributed by atoms with Gasteiger partial charge in [0.2, 0.25) is 0 Å². The van der Waals surface area contributed by atoms with Crippen molar-refractivity contribution < 1.29 is 4.79 Å². The molecule has 0 aromatic rings. The fourth-order valence-corrected chi connectivity index (χ4v) is 1.18. The summed E-state index contributed by atoms with van der Waals surface area (Å²) in [6, 6.07) is 0. The summed E-state index contributed by atoms with van der Waals surface area (Å²) in [5.41, 5.74) is 5.40. The van der Waals surface area contributed by atoms with E-state index >= 15 is 0 Å². The van der Waals surface area contributed by atoms with E-state index in [0.29, 0.717) is 5.82 Å². The molecule has 2 aliphatic heterocycles. The molecule has 0 radical (unpaired) electrons. The molecule has 2 N–H and O–H groups in total. The van der Waals surface area contributed by atoms with Crippen molar-refractivity contribution in [2.24, 2.45) is 10.7 Å². The highest BCUT2D eigenvalue weighted by molar-refractivity contribution is 6.43. The number of rotatable bonds is 1. The summed E-state index contributed by atoms with van der Waals surface area (Å²) in [6.07, 6.45) is 12.6. The van der Waals surface area contributed by atoms with Crippen molar-refractivity contribution in [3.8, 4) is 0 Å². The zero-order chi connectivity index (χ0) is 9.97. The molecule has 0 saturated heterocycles. The fraction of sp³-hybridized carbons (Fsp3) is 0. The molecule has 0 bridgehead atoms. The van der Waals surface area contributed by atoms with Crippen LogP contribution in [0.2, 0.25) is 0 Å². The van der Waals surface area contributed by atoms with Crippen LogP contribution < -0.4 is 5.73 Å². The van der Waals surface area contributed by atoms with Gasteiger partial charge in [0.05, 0.1) is 0 Å². The Morgan fingerprint density at radius 3 is 2.93 bits per heavy atom. The lowest BCUT2D eigenvalue weighted by Gasteiger charge is -2.18. The second-order valence-corrected chi connectivity index (χ2v) is 2.84. The van der Waals surface area contributed by atoms with Gasteiger partial charge in [-0.05, 0) is 18.2 Å². The average Bonchev–Trinajstić information content (AvgIpc) is 2.41. The van der Waals surface area contributed by atoms with Gasteiger partial charge in [-0.2, -0.15) is 0 Å². The third kappa shape index (κ3) is 1.50. The summed E-state index contributed by atoms with van der Waals surface area (Å²) >= 11 is 0. The normalized spacial score (nSPS) is 18.4. The van der Waals surface area contributed by atoms with Gasteiger partial charge < -0.3 is 10.6 Å². The van der Waals surface area contributed by atoms with Crippen LogP contribution in [-0.2, 0) is 4.79 Å². The number of primary amides is 1. The second-order valence-electron chi connectivity index (χ2n) is 2.84. The first-order valence-electron chi connectivity index (χ1n) is 4.17. The number of carbonyl (C=O) groups excluding carboxylic acids is 1. The largest absolute Gasteiger partial charge is 0.364 e. The topological polar surface area (TPSA) is 58.7 Å². The summed E-state index contributed by atoms with van der Waals surface area (Å²) in [7, 11) is 0. The SMILES string of the molecule is NC(=O)C1=NC2=CC=CC=CN2C=C1. The van der Waals surface area contributed by atoms with Gasteiger partial charge >= 0.3 is 0 Å². The Bertz CT molecular complexity index is 413. The molecule has 4 nitrogen and oxygen atoms in total. The van der Waals surface area contributed by atoms with Crippen LogP contribution in [-0.4, -0.2) is 16.5 Å². The fourth-order valence-electron chi connectivity index (χ4n) is 1.18. The molecule has 2 aliphatic rings. The third-order valence-corrected chi connectivity index (χ3v) is 1.86. The minimum atomic E-state index is -0.515. The summed E-state index contributed by atoms with van der Waals surface area (Å²) in [6.45, 7) is 0. The summed E-state index contributed by atoms with van der Waals surface area (Å²) < 4.78 is 0. The molecule has 70 valence electrons. The lowest BCUT2D eigenvalue weighted by Crippen LogP contribution is -2.25. The van der Waals surface area contributed by atoms with Gasteiger partial charge in [-0.15, -0.1) is 0 Å². The Labute approximate surface area is 81.4 Å². The molecule has 2 rings (SSSR count). The first-order chi connectivity index (χ1) is 6.77. The quantitative estimate of drug-likeness (QED) is 0.655. The molecule has 0 atom stereocenters. The van der Waals surface area contributed by atoms with Gasteiger partial charge in [0.1, 0.15) is 11.5 Å². The molecule has 0 aliphatic carbocycles. The van der Waals surface area contributed by atoms with Gasteiger partial charge in [-0.25, -0.2) is 4.99 Å². The van der Waals surface area contributed by atoms with Crippen LogP contribution in [0.25, 0.3) is 0 Å². The predicted octanol–water partition coefficient (Wildman–Crippen LogP) is 0.667. The van der Waals surface area contributed by atoms with Crippen molar-refractivity contribution in [2.75, 3.05) is 0 Å². The minimum absolute atomic E-state index is 0.274. The molecular formula is C10H9N3O. The zero-order valence-corrected chi connectivity index (χ0v) is 7.42. The Kier molecular flexibility index (Phi) is 2.02. The van der Waals surface area contributed by atoms with Gasteiger partial charge in [-0.1, -0.05) is 12.2 Å². The molecule has 0 fully saturated rings. The molecule has 0 aromatic heterocycles. The number of hydrogen-bond acceptors (Lipinski definition) is 3. The lowest BCUT2D eigenvalue weighted by molar-refractivity contribution is -0.111. The van der Waals surface area contributed by atoms with E-state index in [9.17, 15) is 4.79 Å². The number of hydrogen-bond donors (Lipinski definition) is 1. The smallest absolute Gasteiger partial charge is 0.267 e. The second kappa shape index (κ2) is 3.33. The van der Waals surface area contributed by atoms with Crippen LogP contribution in [0, 0.1) is 0 Å². The monoisotopic (exact) mass is 187 g/mol. The van der Waals surface area contributed by atoms with E-state index in [4.69, 9.17) is 5.73 Å². The molecule has 0 aromatic carbocycles. The average molecular weight is 187 g/mol. The Morgan fingerprint density at radius 2 is 2.14 bits per heavy atom. The maximum absolute atomic E-state index is 10.9. The number of nitrogens with zero attached hydrogens (tertiary/aromatic N) is 2. The number of allylic oxidation sites excluding steroid dienone is 4. The maximum atomic E-state index is 10.9. The van der Waals surface area contributed by atoms with Crippen molar-refractivity contribution in [3.05, 3.63) is 48.6 Å². The number of amides is 1. The van der Waals surface area contributed by atoms with Crippen molar-refractivity contribution in [1.82, 2.24) is 4.90 Å². The van der Waals surface area contributed by atoms with Crippen LogP contribution in [0.4, 0.5) is 0 Å². The maximum Gasteiger partial charge on any atom is 0.267 e. The van der Waals surface area contributed by atoms with Crippen LogP contribution >= 0.6 is 0 Å². The van der Waals surface area contributed by atoms with E-state index < -0.39 is 5.91 Å². The van der Waals surface area contributed by atoms with Crippen molar-refractivity contribution in [1.29, 1.82) is 0 Å². The highest BCUT2D eigenvalue weighted by atomic mass is 16.1. The van der Waals surface area contributed by atoms with Gasteiger partial charge in [-0.3, -0.25) is 4.79 Å². The summed E-state index contributed by atoms with van der Waals surface area (Å²) in [5, 5.41) is 0. The molecule has 0 unspecified atom stereocenters. The highest BCUT2D eigenvalue weighted by Crippen LogP contribution is 2.15. The minimum Gasteiger partial charge on any atom is -0.364 e. The Hall–Kier alpha value is -2.10. The van der Waals surface area contributed by atoms with Crippen molar-refractivity contribution in [3.63, 3.8) is 0 Å². The van der Waals surface area contributed by atoms with E-state index in [2.05, 4.69) is 4.99 Å². The van der Waals surface area contributed by atoms with Gasteiger partial charge in [0.15, 0.2) is 0 Å². The highest BCUT2D eigenvalue weighted by Gasteiger charge is 2.12. The van der Waals surface area contributed by atoms with Crippen LogP contribution in [0.1, 0.15) is 0 Å². The molecule has 1 amide bonds. The first kappa shape index (κ1) is 8.50. The van der Waals surface area contributed by atoms with Gasteiger partial charge in [0.25, 0.3) is 5.91 Å². The van der Waals surface area contributed by atoms with Crippen LogP contribution in [0.5, 0.6) is 0 Å². The van der Waals surface area contributed by atoms with Gasteiger partial charge in [0, 0.05) is 12.4 Å². The van der Waals surface area contributed by atoms with E-state index in [-0.39, 0.29) is 5.71 Å². The van der Waals surface area contributed by atoms with Crippen molar-refractivity contribution in [2.45, 2.75) is 0 Å². The van der Waals surface area contributed by atoms with E-state index in [1.165, 1.54) is 0 Å². The Balaban J connectivity index is 2.37. The van der Waals surface area contributed by atoms with E-state index in [1.807, 2.05) is 35.4 Å². The van der Waals surface area contributed by atoms with Crippen LogP contribution in [0.3, 0.4) is 0 Å². The number of fused-ring (bicyclic) bond motifs is 1. The van der Waals surface area contributed by atoms with E-state index in [1.54, 1.807) is 12.3 Å². The predicted molar refractivity (Wildman–Crippen MR) is 54.0 cm³/mol. The lowest BCUT2D eigenvalue weighted by atomic mass is 10.3. The summed E-state index contributed by atoms with van der Waals surface area (Å²) in [4.78, 5) is 16.8. The summed E-state index contributed by atoms with van der Waals surface area (Å²) in [5.74, 6) is 0.172. The number of nitrogens with two attached hydrogens (primary N) is 1. The number of carbonyl (C=O) groups is 1. The molecule has 0 saturated carbocycles. The van der Waals surface area contributed by atoms with Crippen molar-refractivity contribution >= 4 is 11.6 Å².